The Bertz CT molecular complexity index is 1200. The molecule has 0 aliphatic heterocycles. The van der Waals surface area contributed by atoms with E-state index in [1.807, 2.05) is 50.2 Å². The fraction of sp³-hybridized carbons (Fsp3) is 0.192. The lowest BCUT2D eigenvalue weighted by Gasteiger charge is -2.12. The zero-order chi connectivity index (χ0) is 23.4. The number of rotatable bonds is 6. The fourth-order valence-electron chi connectivity index (χ4n) is 3.59. The highest BCUT2D eigenvalue weighted by atomic mass is 19.4. The van der Waals surface area contributed by atoms with Crippen molar-refractivity contribution < 1.29 is 13.2 Å². The van der Waals surface area contributed by atoms with Crippen LogP contribution in [0.1, 0.15) is 39.5 Å². The molecule has 0 unspecified atom stereocenters. The Morgan fingerprint density at radius 1 is 0.697 bits per heavy atom. The van der Waals surface area contributed by atoms with Gasteiger partial charge in [-0.1, -0.05) is 65.7 Å². The van der Waals surface area contributed by atoms with Crippen LogP contribution in [0, 0.1) is 13.8 Å². The monoisotopic (exact) mass is 448 g/mol. The highest BCUT2D eigenvalue weighted by molar-refractivity contribution is 5.54. The van der Waals surface area contributed by atoms with Gasteiger partial charge in [-0.05, 0) is 43.2 Å². The van der Waals surface area contributed by atoms with Gasteiger partial charge in [-0.2, -0.15) is 23.1 Å². The second kappa shape index (κ2) is 9.40. The molecule has 1 N–H and O–H groups in total. The number of hydrogen-bond donors (Lipinski definition) is 1. The van der Waals surface area contributed by atoms with Crippen molar-refractivity contribution in [3.63, 3.8) is 0 Å². The predicted octanol–water partition coefficient (Wildman–Crippen LogP) is 6.43. The molecular weight excluding hydrogens is 425 g/mol. The van der Waals surface area contributed by atoms with Gasteiger partial charge in [-0.3, -0.25) is 0 Å². The quantitative estimate of drug-likeness (QED) is 0.369. The Hall–Kier alpha value is -3.74. The highest BCUT2D eigenvalue weighted by Crippen LogP contribution is 2.31. The molecule has 0 saturated heterocycles. The van der Waals surface area contributed by atoms with Gasteiger partial charge in [0.2, 0.25) is 5.95 Å². The van der Waals surface area contributed by atoms with Gasteiger partial charge < -0.3 is 5.32 Å². The summed E-state index contributed by atoms with van der Waals surface area (Å²) in [7, 11) is 0. The van der Waals surface area contributed by atoms with Crippen LogP contribution in [0.4, 0.5) is 24.8 Å². The third-order valence-electron chi connectivity index (χ3n) is 5.06. The normalized spacial score (nSPS) is 11.4. The van der Waals surface area contributed by atoms with Crippen molar-refractivity contribution >= 4 is 11.6 Å². The number of anilines is 2. The molecule has 1 heterocycles. The number of aromatic nitrogens is 3. The number of nitrogens with zero attached hydrogens (tertiary/aromatic N) is 3. The van der Waals surface area contributed by atoms with Gasteiger partial charge >= 0.3 is 6.18 Å². The number of alkyl halides is 3. The fourth-order valence-corrected chi connectivity index (χ4v) is 3.59. The van der Waals surface area contributed by atoms with Crippen molar-refractivity contribution in [2.45, 2.75) is 32.9 Å². The standard InChI is InChI=1S/C26H23F3N4/c1-17-6-3-8-19(12-17)14-23-31-24(15-20-9-4-7-18(2)13-20)33-25(32-23)30-22-11-5-10-21(16-22)26(27,28)29/h3-13,16H,14-15H2,1-2H3,(H,30,31,32,33). The lowest BCUT2D eigenvalue weighted by atomic mass is 10.1. The van der Waals surface area contributed by atoms with Crippen molar-refractivity contribution in [2.24, 2.45) is 0 Å². The summed E-state index contributed by atoms with van der Waals surface area (Å²) >= 11 is 0. The van der Waals surface area contributed by atoms with Gasteiger partial charge in [0, 0.05) is 18.5 Å². The summed E-state index contributed by atoms with van der Waals surface area (Å²) in [5.74, 6) is 1.31. The lowest BCUT2D eigenvalue weighted by Crippen LogP contribution is -2.10. The maximum absolute atomic E-state index is 13.1. The van der Waals surface area contributed by atoms with Crippen LogP contribution in [0.25, 0.3) is 0 Å². The molecule has 0 atom stereocenters. The Morgan fingerprint density at radius 2 is 1.24 bits per heavy atom. The van der Waals surface area contributed by atoms with E-state index in [1.165, 1.54) is 6.07 Å². The van der Waals surface area contributed by atoms with Crippen LogP contribution in [0.3, 0.4) is 0 Å². The summed E-state index contributed by atoms with van der Waals surface area (Å²) < 4.78 is 39.3. The van der Waals surface area contributed by atoms with Crippen LogP contribution < -0.4 is 5.32 Å². The molecule has 0 fully saturated rings. The van der Waals surface area contributed by atoms with Crippen LogP contribution in [0.15, 0.2) is 72.8 Å². The number of hydrogen-bond acceptors (Lipinski definition) is 4. The van der Waals surface area contributed by atoms with Gasteiger partial charge in [-0.25, -0.2) is 4.98 Å². The maximum Gasteiger partial charge on any atom is 0.416 e. The van der Waals surface area contributed by atoms with Crippen LogP contribution in [-0.2, 0) is 19.0 Å². The van der Waals surface area contributed by atoms with Gasteiger partial charge in [0.1, 0.15) is 11.6 Å². The SMILES string of the molecule is Cc1cccc(Cc2nc(Cc3cccc(C)c3)nc(Nc3cccc(C(F)(F)F)c3)n2)c1. The molecule has 1 aromatic heterocycles. The molecule has 0 spiro atoms. The Kier molecular flexibility index (Phi) is 6.40. The first-order chi connectivity index (χ1) is 15.7. The highest BCUT2D eigenvalue weighted by Gasteiger charge is 2.30. The largest absolute Gasteiger partial charge is 0.416 e. The Morgan fingerprint density at radius 3 is 1.76 bits per heavy atom. The average Bonchev–Trinajstić information content (AvgIpc) is 2.73. The molecule has 4 aromatic rings. The molecule has 4 nitrogen and oxygen atoms in total. The average molecular weight is 448 g/mol. The number of nitrogens with one attached hydrogen (secondary N) is 1. The van der Waals surface area contributed by atoms with Crippen molar-refractivity contribution in [1.82, 2.24) is 15.0 Å². The summed E-state index contributed by atoms with van der Waals surface area (Å²) in [6.45, 7) is 4.03. The minimum atomic E-state index is -4.43. The molecule has 7 heteroatoms. The third kappa shape index (κ3) is 6.16. The summed E-state index contributed by atoms with van der Waals surface area (Å²) in [5.41, 5.74) is 3.88. The van der Waals surface area contributed by atoms with E-state index in [0.29, 0.717) is 24.5 Å². The van der Waals surface area contributed by atoms with E-state index in [4.69, 9.17) is 0 Å². The van der Waals surface area contributed by atoms with Crippen LogP contribution in [0.5, 0.6) is 0 Å². The first-order valence-electron chi connectivity index (χ1n) is 10.5. The summed E-state index contributed by atoms with van der Waals surface area (Å²) in [4.78, 5) is 13.6. The topological polar surface area (TPSA) is 50.7 Å². The summed E-state index contributed by atoms with van der Waals surface area (Å²) in [5, 5.41) is 2.93. The maximum atomic E-state index is 13.1. The van der Waals surface area contributed by atoms with E-state index < -0.39 is 11.7 Å². The molecular formula is C26H23F3N4. The molecule has 0 saturated carbocycles. The molecule has 0 aliphatic carbocycles. The van der Waals surface area contributed by atoms with E-state index in [0.717, 1.165) is 34.4 Å². The zero-order valence-corrected chi connectivity index (χ0v) is 18.3. The second-order valence-electron chi connectivity index (χ2n) is 8.03. The molecule has 0 aliphatic rings. The minimum Gasteiger partial charge on any atom is -0.324 e. The first-order valence-corrected chi connectivity index (χ1v) is 10.5. The molecule has 0 bridgehead atoms. The lowest BCUT2D eigenvalue weighted by molar-refractivity contribution is -0.137. The summed E-state index contributed by atoms with van der Waals surface area (Å²) in [6.07, 6.45) is -3.45. The van der Waals surface area contributed by atoms with Crippen molar-refractivity contribution in [3.05, 3.63) is 112 Å². The summed E-state index contributed by atoms with van der Waals surface area (Å²) in [6, 6.07) is 21.1. The number of benzene rings is 3. The zero-order valence-electron chi connectivity index (χ0n) is 18.3. The van der Waals surface area contributed by atoms with E-state index in [2.05, 4.69) is 32.4 Å². The van der Waals surface area contributed by atoms with Crippen LogP contribution in [0.2, 0.25) is 0 Å². The Balaban J connectivity index is 1.67. The van der Waals surface area contributed by atoms with Crippen molar-refractivity contribution in [1.29, 1.82) is 0 Å². The smallest absolute Gasteiger partial charge is 0.324 e. The number of aryl methyl sites for hydroxylation is 2. The predicted molar refractivity (Wildman–Crippen MR) is 123 cm³/mol. The number of halogens is 3. The van der Waals surface area contributed by atoms with E-state index in [-0.39, 0.29) is 11.6 Å². The van der Waals surface area contributed by atoms with Crippen LogP contribution in [-0.4, -0.2) is 15.0 Å². The molecule has 0 radical (unpaired) electrons. The van der Waals surface area contributed by atoms with Gasteiger partial charge in [-0.15, -0.1) is 0 Å². The van der Waals surface area contributed by atoms with E-state index in [9.17, 15) is 13.2 Å². The molecule has 0 amide bonds. The molecule has 168 valence electrons. The van der Waals surface area contributed by atoms with Crippen LogP contribution >= 0.6 is 0 Å². The van der Waals surface area contributed by atoms with Gasteiger partial charge in [0.25, 0.3) is 0 Å². The van der Waals surface area contributed by atoms with Gasteiger partial charge in [0.15, 0.2) is 0 Å². The second-order valence-corrected chi connectivity index (χ2v) is 8.03. The third-order valence-corrected chi connectivity index (χ3v) is 5.06. The van der Waals surface area contributed by atoms with E-state index in [1.54, 1.807) is 6.07 Å². The van der Waals surface area contributed by atoms with Crippen molar-refractivity contribution in [3.8, 4) is 0 Å². The minimum absolute atomic E-state index is 0.217. The van der Waals surface area contributed by atoms with Gasteiger partial charge in [0.05, 0.1) is 5.56 Å². The van der Waals surface area contributed by atoms with Crippen molar-refractivity contribution in [2.75, 3.05) is 5.32 Å². The molecule has 33 heavy (non-hydrogen) atoms. The molecule has 4 rings (SSSR count). The Labute approximate surface area is 190 Å². The first kappa shape index (κ1) is 22.5. The van der Waals surface area contributed by atoms with E-state index >= 15 is 0 Å². The molecule has 3 aromatic carbocycles.